The van der Waals surface area contributed by atoms with E-state index in [0.29, 0.717) is 10.7 Å². The van der Waals surface area contributed by atoms with Crippen LogP contribution in [0.15, 0.2) is 28.6 Å². The molecular formula is C7H5ClN2O3S. The molecule has 14 heavy (non-hydrogen) atoms. The van der Waals surface area contributed by atoms with Gasteiger partial charge < -0.3 is 5.32 Å². The van der Waals surface area contributed by atoms with Gasteiger partial charge in [0, 0.05) is 0 Å². The van der Waals surface area contributed by atoms with Gasteiger partial charge in [0.1, 0.15) is 0 Å². The maximum atomic E-state index is 10.8. The van der Waals surface area contributed by atoms with E-state index in [1.54, 1.807) is 18.2 Å². The van der Waals surface area contributed by atoms with Gasteiger partial charge in [0.15, 0.2) is 0 Å². The van der Waals surface area contributed by atoms with Gasteiger partial charge in [0.2, 0.25) is 0 Å². The molecule has 1 aromatic rings. The predicted octanol–water partition coefficient (Wildman–Crippen LogP) is 1.93. The molecule has 1 aromatic carbocycles. The number of nitrogens with zero attached hydrogens (tertiary/aromatic N) is 1. The second-order valence-corrected chi connectivity index (χ2v) is 3.24. The first-order valence-corrected chi connectivity index (χ1v) is 4.87. The summed E-state index contributed by atoms with van der Waals surface area (Å²) in [5.41, 5.74) is 0.313. The molecule has 0 aliphatic heterocycles. The Labute approximate surface area is 86.4 Å². The maximum absolute atomic E-state index is 10.8. The van der Waals surface area contributed by atoms with Gasteiger partial charge in [-0.25, -0.2) is 4.79 Å². The Morgan fingerprint density at radius 1 is 1.36 bits per heavy atom. The van der Waals surface area contributed by atoms with Gasteiger partial charge >= 0.3 is 16.5 Å². The highest BCUT2D eigenvalue weighted by Gasteiger charge is 2.02. The molecule has 0 radical (unpaired) electrons. The molecular weight excluding hydrogens is 228 g/mol. The van der Waals surface area contributed by atoms with Crippen LogP contribution < -0.4 is 5.32 Å². The summed E-state index contributed by atoms with van der Waals surface area (Å²) in [5.74, 6) is 0. The van der Waals surface area contributed by atoms with Crippen molar-refractivity contribution in [1.82, 2.24) is 0 Å². The number of para-hydroxylation sites is 1. The van der Waals surface area contributed by atoms with Crippen molar-refractivity contribution in [2.45, 2.75) is 0 Å². The number of benzene rings is 1. The van der Waals surface area contributed by atoms with Crippen LogP contribution in [-0.2, 0) is 10.5 Å². The molecule has 0 unspecified atom stereocenters. The third-order valence-electron chi connectivity index (χ3n) is 1.27. The van der Waals surface area contributed by atoms with E-state index in [1.807, 2.05) is 0 Å². The molecule has 0 aromatic heterocycles. The lowest BCUT2D eigenvalue weighted by Crippen LogP contribution is -2.05. The largest absolute Gasteiger partial charge is 0.360 e. The second-order valence-electron chi connectivity index (χ2n) is 2.22. The summed E-state index contributed by atoms with van der Waals surface area (Å²) in [6, 6.07) is 5.44. The van der Waals surface area contributed by atoms with Gasteiger partial charge in [-0.05, 0) is 12.1 Å². The molecule has 0 bridgehead atoms. The van der Waals surface area contributed by atoms with E-state index >= 15 is 0 Å². The van der Waals surface area contributed by atoms with Gasteiger partial charge in [-0.1, -0.05) is 28.1 Å². The number of hydrogen-bond donors (Lipinski definition) is 1. The third-order valence-corrected chi connectivity index (χ3v) is 1.92. The summed E-state index contributed by atoms with van der Waals surface area (Å²) in [6.45, 7) is 0. The number of carbonyl (C=O) groups excluding carboxylic acids is 1. The first-order valence-electron chi connectivity index (χ1n) is 3.46. The Morgan fingerprint density at radius 2 is 2.00 bits per heavy atom. The number of urea groups is 1. The monoisotopic (exact) mass is 232 g/mol. The van der Waals surface area contributed by atoms with Crippen LogP contribution >= 0.6 is 11.6 Å². The molecule has 0 fully saturated rings. The zero-order valence-corrected chi connectivity index (χ0v) is 8.34. The number of carbonyl (C=O) groups is 1. The molecule has 0 saturated carbocycles. The minimum atomic E-state index is -2.76. The number of hydrogen-bond acceptors (Lipinski definition) is 3. The van der Waals surface area contributed by atoms with E-state index in [1.165, 1.54) is 6.07 Å². The summed E-state index contributed by atoms with van der Waals surface area (Å²) in [6.07, 6.45) is 0. The molecule has 1 rings (SSSR count). The fourth-order valence-corrected chi connectivity index (χ4v) is 1.13. The Morgan fingerprint density at radius 3 is 2.57 bits per heavy atom. The first-order chi connectivity index (χ1) is 6.59. The van der Waals surface area contributed by atoms with E-state index in [2.05, 4.69) is 9.68 Å². The lowest BCUT2D eigenvalue weighted by molar-refractivity contribution is 0.260. The molecule has 0 aliphatic rings. The quantitative estimate of drug-likeness (QED) is 0.804. The van der Waals surface area contributed by atoms with E-state index in [4.69, 9.17) is 11.6 Å². The average Bonchev–Trinajstić information content (AvgIpc) is 2.07. The van der Waals surface area contributed by atoms with Crippen LogP contribution in [-0.4, -0.2) is 14.4 Å². The van der Waals surface area contributed by atoms with Gasteiger partial charge in [-0.2, -0.15) is 8.42 Å². The van der Waals surface area contributed by atoms with Gasteiger partial charge in [0.25, 0.3) is 0 Å². The van der Waals surface area contributed by atoms with Gasteiger partial charge in [-0.3, -0.25) is 0 Å². The van der Waals surface area contributed by atoms with Crippen LogP contribution in [0.1, 0.15) is 0 Å². The molecule has 0 heterocycles. The van der Waals surface area contributed by atoms with Crippen molar-refractivity contribution in [3.63, 3.8) is 0 Å². The van der Waals surface area contributed by atoms with Crippen molar-refractivity contribution >= 4 is 33.8 Å². The van der Waals surface area contributed by atoms with Crippen molar-refractivity contribution in [2.24, 2.45) is 4.36 Å². The molecule has 7 heteroatoms. The summed E-state index contributed by atoms with van der Waals surface area (Å²) in [5, 5.41) is 2.52. The number of halogens is 1. The zero-order valence-electron chi connectivity index (χ0n) is 6.77. The summed E-state index contributed by atoms with van der Waals surface area (Å²) >= 11 is 5.69. The molecule has 0 aliphatic carbocycles. The standard InChI is InChI=1S/C7H5ClN2O3S/c8-5-3-1-2-4-6(5)9-7(11)10-14(12)13/h1-4H,(H,9,11). The molecule has 74 valence electrons. The fraction of sp³-hybridized carbons (Fsp3) is 0. The van der Waals surface area contributed by atoms with Gasteiger partial charge in [-0.15, -0.1) is 0 Å². The lowest BCUT2D eigenvalue weighted by atomic mass is 10.3. The van der Waals surface area contributed by atoms with E-state index in [-0.39, 0.29) is 0 Å². The summed E-state index contributed by atoms with van der Waals surface area (Å²) < 4.78 is 22.8. The average molecular weight is 233 g/mol. The Balaban J connectivity index is 2.85. The Bertz CT molecular complexity index is 475. The molecule has 0 atom stereocenters. The summed E-state index contributed by atoms with van der Waals surface area (Å²) in [4.78, 5) is 10.8. The van der Waals surface area contributed by atoms with Crippen LogP contribution in [0.25, 0.3) is 0 Å². The van der Waals surface area contributed by atoms with E-state index in [9.17, 15) is 13.2 Å². The number of rotatable bonds is 1. The van der Waals surface area contributed by atoms with Crippen LogP contribution in [0, 0.1) is 0 Å². The molecule has 5 nitrogen and oxygen atoms in total. The molecule has 1 N–H and O–H groups in total. The van der Waals surface area contributed by atoms with Crippen LogP contribution in [0.3, 0.4) is 0 Å². The van der Waals surface area contributed by atoms with Crippen molar-refractivity contribution in [3.05, 3.63) is 29.3 Å². The van der Waals surface area contributed by atoms with Crippen molar-refractivity contribution < 1.29 is 13.2 Å². The van der Waals surface area contributed by atoms with Gasteiger partial charge in [0.05, 0.1) is 10.7 Å². The highest BCUT2D eigenvalue weighted by atomic mass is 35.5. The van der Waals surface area contributed by atoms with Crippen LogP contribution in [0.5, 0.6) is 0 Å². The number of amides is 2. The molecule has 0 saturated heterocycles. The SMILES string of the molecule is O=C(N=S(=O)=O)Nc1ccccc1Cl. The highest BCUT2D eigenvalue weighted by molar-refractivity contribution is 7.62. The topological polar surface area (TPSA) is 75.6 Å². The zero-order chi connectivity index (χ0) is 10.6. The van der Waals surface area contributed by atoms with E-state index < -0.39 is 16.5 Å². The Hall–Kier alpha value is -1.40. The van der Waals surface area contributed by atoms with Crippen molar-refractivity contribution in [1.29, 1.82) is 0 Å². The van der Waals surface area contributed by atoms with E-state index in [0.717, 1.165) is 0 Å². The predicted molar refractivity (Wildman–Crippen MR) is 51.8 cm³/mol. The first kappa shape index (κ1) is 10.7. The number of nitrogens with one attached hydrogen (secondary N) is 1. The van der Waals surface area contributed by atoms with Crippen molar-refractivity contribution in [3.8, 4) is 0 Å². The second kappa shape index (κ2) is 4.73. The molecule has 0 spiro atoms. The fourth-order valence-electron chi connectivity index (χ4n) is 0.768. The minimum Gasteiger partial charge on any atom is -0.304 e. The smallest absolute Gasteiger partial charge is 0.304 e. The minimum absolute atomic E-state index is 0.313. The molecule has 2 amide bonds. The van der Waals surface area contributed by atoms with Crippen LogP contribution in [0.2, 0.25) is 5.02 Å². The van der Waals surface area contributed by atoms with Crippen molar-refractivity contribution in [2.75, 3.05) is 5.32 Å². The normalized spacial score (nSPS) is 9.21. The van der Waals surface area contributed by atoms with Crippen LogP contribution in [0.4, 0.5) is 10.5 Å². The lowest BCUT2D eigenvalue weighted by Gasteiger charge is -2.01. The highest BCUT2D eigenvalue weighted by Crippen LogP contribution is 2.20. The Kier molecular flexibility index (Phi) is 3.61. The summed E-state index contributed by atoms with van der Waals surface area (Å²) in [7, 11) is -2.76. The third kappa shape index (κ3) is 3.15. The maximum Gasteiger partial charge on any atom is 0.360 e. The number of anilines is 1.